The zero-order valence-electron chi connectivity index (χ0n) is 24.7. The van der Waals surface area contributed by atoms with Crippen LogP contribution in [0.5, 0.6) is 0 Å². The van der Waals surface area contributed by atoms with Gasteiger partial charge in [-0.15, -0.1) is 0 Å². The van der Waals surface area contributed by atoms with Crippen molar-refractivity contribution in [3.05, 3.63) is 173 Å². The molecule has 0 radical (unpaired) electrons. The lowest BCUT2D eigenvalue weighted by Gasteiger charge is -2.26. The van der Waals surface area contributed by atoms with Gasteiger partial charge in [0.25, 0.3) is 0 Å². The van der Waals surface area contributed by atoms with E-state index in [9.17, 15) is 0 Å². The van der Waals surface area contributed by atoms with Crippen molar-refractivity contribution in [3.8, 4) is 0 Å². The summed E-state index contributed by atoms with van der Waals surface area (Å²) in [5.41, 5.74) is 10.9. The van der Waals surface area contributed by atoms with Crippen molar-refractivity contribution in [1.29, 1.82) is 0 Å². The highest BCUT2D eigenvalue weighted by Gasteiger charge is 2.12. The van der Waals surface area contributed by atoms with Gasteiger partial charge in [0.1, 0.15) is 0 Å². The molecular formula is C41H39N. The van der Waals surface area contributed by atoms with Gasteiger partial charge in [-0.3, -0.25) is 0 Å². The first-order valence-corrected chi connectivity index (χ1v) is 14.9. The van der Waals surface area contributed by atoms with E-state index >= 15 is 0 Å². The molecule has 0 N–H and O–H groups in total. The Hall–Kier alpha value is -4.88. The minimum Gasteiger partial charge on any atom is -0.311 e. The Morgan fingerprint density at radius 1 is 0.476 bits per heavy atom. The van der Waals surface area contributed by atoms with Crippen LogP contribution in [0.15, 0.2) is 140 Å². The third-order valence-corrected chi connectivity index (χ3v) is 7.35. The molecule has 0 saturated carbocycles. The lowest BCUT2D eigenvalue weighted by Crippen LogP contribution is -2.10. The fourth-order valence-corrected chi connectivity index (χ4v) is 4.88. The van der Waals surface area contributed by atoms with E-state index in [1.54, 1.807) is 0 Å². The zero-order chi connectivity index (χ0) is 29.0. The minimum atomic E-state index is 1.12. The van der Waals surface area contributed by atoms with Gasteiger partial charge in [0.05, 0.1) is 0 Å². The SMILES string of the molecule is CCCCc1ccc(N(c2ccc(C=CC=Cc3ccccc3)cc2)c2ccc(C=Cc3ccc(C)cc3)cc2)cc1. The maximum absolute atomic E-state index is 2.33. The first kappa shape index (κ1) is 28.6. The Morgan fingerprint density at radius 3 is 1.40 bits per heavy atom. The van der Waals surface area contributed by atoms with Crippen molar-refractivity contribution >= 4 is 41.4 Å². The smallest absolute Gasteiger partial charge is 0.0462 e. The molecule has 0 saturated heterocycles. The van der Waals surface area contributed by atoms with E-state index in [0.29, 0.717) is 0 Å². The van der Waals surface area contributed by atoms with Crippen LogP contribution in [0.25, 0.3) is 24.3 Å². The normalized spacial score (nSPS) is 11.6. The third kappa shape index (κ3) is 8.08. The number of aryl methyl sites for hydroxylation is 2. The molecule has 5 rings (SSSR count). The van der Waals surface area contributed by atoms with Crippen molar-refractivity contribution in [3.63, 3.8) is 0 Å². The number of hydrogen-bond acceptors (Lipinski definition) is 1. The summed E-state index contributed by atoms with van der Waals surface area (Å²) in [5.74, 6) is 0. The second-order valence-corrected chi connectivity index (χ2v) is 10.7. The molecule has 0 heterocycles. The molecule has 0 aromatic heterocycles. The van der Waals surface area contributed by atoms with Gasteiger partial charge < -0.3 is 4.90 Å². The zero-order valence-corrected chi connectivity index (χ0v) is 24.7. The number of rotatable bonds is 11. The maximum atomic E-state index is 2.33. The summed E-state index contributed by atoms with van der Waals surface area (Å²) in [6.45, 7) is 4.36. The van der Waals surface area contributed by atoms with Crippen LogP contribution in [0, 0.1) is 6.92 Å². The van der Waals surface area contributed by atoms with E-state index < -0.39 is 0 Å². The fourth-order valence-electron chi connectivity index (χ4n) is 4.88. The van der Waals surface area contributed by atoms with Crippen LogP contribution in [-0.2, 0) is 6.42 Å². The van der Waals surface area contributed by atoms with Crippen LogP contribution in [0.3, 0.4) is 0 Å². The molecular weight excluding hydrogens is 506 g/mol. The topological polar surface area (TPSA) is 3.24 Å². The van der Waals surface area contributed by atoms with Crippen LogP contribution >= 0.6 is 0 Å². The summed E-state index contributed by atoms with van der Waals surface area (Å²) in [4.78, 5) is 2.33. The van der Waals surface area contributed by atoms with E-state index in [4.69, 9.17) is 0 Å². The third-order valence-electron chi connectivity index (χ3n) is 7.35. The highest BCUT2D eigenvalue weighted by atomic mass is 15.1. The second-order valence-electron chi connectivity index (χ2n) is 10.7. The van der Waals surface area contributed by atoms with Crippen molar-refractivity contribution < 1.29 is 0 Å². The molecule has 0 bridgehead atoms. The van der Waals surface area contributed by atoms with E-state index in [-0.39, 0.29) is 0 Å². The summed E-state index contributed by atoms with van der Waals surface area (Å²) in [5, 5.41) is 0. The first-order chi connectivity index (χ1) is 20.7. The van der Waals surface area contributed by atoms with Crippen LogP contribution in [0.1, 0.15) is 53.1 Å². The molecule has 42 heavy (non-hydrogen) atoms. The Bertz CT molecular complexity index is 1600. The monoisotopic (exact) mass is 545 g/mol. The van der Waals surface area contributed by atoms with Crippen LogP contribution in [0.4, 0.5) is 17.1 Å². The molecule has 0 unspecified atom stereocenters. The van der Waals surface area contributed by atoms with Gasteiger partial charge in [0, 0.05) is 17.1 Å². The summed E-state index contributed by atoms with van der Waals surface area (Å²) < 4.78 is 0. The standard InChI is InChI=1S/C41H39N/c1-3-4-10-35-21-27-39(28-22-35)42(41-31-25-38(26-32-41)20-19-37-17-15-33(2)16-18-37)40-29-23-36(24-30-40)14-9-8-13-34-11-6-5-7-12-34/h5-9,11-32H,3-4,10H2,1-2H3. The van der Waals surface area contributed by atoms with Crippen molar-refractivity contribution in [2.75, 3.05) is 4.90 Å². The number of anilines is 3. The van der Waals surface area contributed by atoms with E-state index in [0.717, 1.165) is 23.5 Å². The summed E-state index contributed by atoms with van der Waals surface area (Å²) >= 11 is 0. The summed E-state index contributed by atoms with van der Waals surface area (Å²) in [6.07, 6.45) is 16.3. The van der Waals surface area contributed by atoms with E-state index in [1.165, 1.54) is 46.2 Å². The molecule has 5 aromatic carbocycles. The number of unbranched alkanes of at least 4 members (excludes halogenated alkanes) is 1. The Balaban J connectivity index is 1.37. The predicted octanol–water partition coefficient (Wildman–Crippen LogP) is 11.7. The predicted molar refractivity (Wildman–Crippen MR) is 184 cm³/mol. The van der Waals surface area contributed by atoms with Gasteiger partial charge in [-0.05, 0) is 84.0 Å². The molecule has 0 amide bonds. The largest absolute Gasteiger partial charge is 0.311 e. The van der Waals surface area contributed by atoms with Crippen molar-refractivity contribution in [1.82, 2.24) is 0 Å². The van der Waals surface area contributed by atoms with Crippen LogP contribution < -0.4 is 4.90 Å². The average Bonchev–Trinajstić information content (AvgIpc) is 3.04. The average molecular weight is 546 g/mol. The maximum Gasteiger partial charge on any atom is 0.0462 e. The fraction of sp³-hybridized carbons (Fsp3) is 0.122. The van der Waals surface area contributed by atoms with Crippen molar-refractivity contribution in [2.24, 2.45) is 0 Å². The highest BCUT2D eigenvalue weighted by molar-refractivity contribution is 5.78. The number of allylic oxidation sites excluding steroid dienone is 2. The van der Waals surface area contributed by atoms with Gasteiger partial charge in [-0.1, -0.05) is 146 Å². The van der Waals surface area contributed by atoms with Gasteiger partial charge in [0.15, 0.2) is 0 Å². The summed E-state index contributed by atoms with van der Waals surface area (Å²) in [7, 11) is 0. The lowest BCUT2D eigenvalue weighted by atomic mass is 10.1. The van der Waals surface area contributed by atoms with Crippen LogP contribution in [0.2, 0.25) is 0 Å². The number of hydrogen-bond donors (Lipinski definition) is 0. The van der Waals surface area contributed by atoms with Crippen LogP contribution in [-0.4, -0.2) is 0 Å². The molecule has 0 atom stereocenters. The molecule has 0 aliphatic carbocycles. The molecule has 5 aromatic rings. The lowest BCUT2D eigenvalue weighted by molar-refractivity contribution is 0.795. The molecule has 0 spiro atoms. The second kappa shape index (κ2) is 14.7. The Morgan fingerprint density at radius 2 is 0.905 bits per heavy atom. The van der Waals surface area contributed by atoms with Crippen molar-refractivity contribution in [2.45, 2.75) is 33.1 Å². The molecule has 0 aliphatic heterocycles. The number of benzene rings is 5. The highest BCUT2D eigenvalue weighted by Crippen LogP contribution is 2.35. The Kier molecular flexibility index (Phi) is 10.00. The Labute approximate surface area is 251 Å². The van der Waals surface area contributed by atoms with Gasteiger partial charge >= 0.3 is 0 Å². The molecule has 1 nitrogen and oxygen atoms in total. The quantitative estimate of drug-likeness (QED) is 0.118. The van der Waals surface area contributed by atoms with E-state index in [2.05, 4.69) is 177 Å². The first-order valence-electron chi connectivity index (χ1n) is 14.9. The molecule has 0 fully saturated rings. The van der Waals surface area contributed by atoms with Gasteiger partial charge in [-0.2, -0.15) is 0 Å². The minimum absolute atomic E-state index is 1.12. The molecule has 1 heteroatoms. The molecule has 0 aliphatic rings. The number of nitrogens with zero attached hydrogens (tertiary/aromatic N) is 1. The van der Waals surface area contributed by atoms with E-state index in [1.807, 2.05) is 6.07 Å². The molecule has 208 valence electrons. The van der Waals surface area contributed by atoms with Gasteiger partial charge in [0.2, 0.25) is 0 Å². The van der Waals surface area contributed by atoms with Gasteiger partial charge in [-0.25, -0.2) is 0 Å². The summed E-state index contributed by atoms with van der Waals surface area (Å²) in [6, 6.07) is 45.6.